The first-order valence-corrected chi connectivity index (χ1v) is 13.5. The molecule has 9 heteroatoms. The van der Waals surface area contributed by atoms with E-state index in [1.54, 1.807) is 23.1 Å². The van der Waals surface area contributed by atoms with Crippen molar-refractivity contribution in [2.24, 2.45) is 11.8 Å². The molecule has 0 spiro atoms. The summed E-state index contributed by atoms with van der Waals surface area (Å²) in [7, 11) is 0. The Morgan fingerprint density at radius 2 is 1.84 bits per heavy atom. The number of hydrogen-bond donors (Lipinski definition) is 1. The second-order valence-electron chi connectivity index (χ2n) is 10.5. The number of nitro groups is 1. The van der Waals surface area contributed by atoms with Crippen molar-refractivity contribution in [3.8, 4) is 0 Å². The van der Waals surface area contributed by atoms with Crippen LogP contribution in [0.3, 0.4) is 0 Å². The fourth-order valence-electron chi connectivity index (χ4n) is 5.26. The van der Waals surface area contributed by atoms with E-state index in [1.165, 1.54) is 43.9 Å². The first-order valence-electron chi connectivity index (χ1n) is 13.5. The molecule has 1 aliphatic heterocycles. The van der Waals surface area contributed by atoms with Crippen molar-refractivity contribution in [3.05, 3.63) is 46.0 Å². The molecule has 9 nitrogen and oxygen atoms in total. The maximum atomic E-state index is 13.5. The van der Waals surface area contributed by atoms with Crippen LogP contribution >= 0.6 is 0 Å². The number of rotatable bonds is 10. The predicted octanol–water partition coefficient (Wildman–Crippen LogP) is 4.17. The molecule has 1 aliphatic carbocycles. The van der Waals surface area contributed by atoms with Crippen LogP contribution in [0.1, 0.15) is 71.3 Å². The van der Waals surface area contributed by atoms with Crippen LogP contribution in [-0.4, -0.2) is 64.2 Å². The highest BCUT2D eigenvalue weighted by molar-refractivity contribution is 5.95. The monoisotopic (exact) mass is 512 g/mol. The lowest BCUT2D eigenvalue weighted by atomic mass is 9.96. The van der Waals surface area contributed by atoms with Crippen LogP contribution in [0.15, 0.2) is 30.3 Å². The Bertz CT molecular complexity index is 987. The zero-order valence-electron chi connectivity index (χ0n) is 22.2. The Labute approximate surface area is 219 Å². The van der Waals surface area contributed by atoms with E-state index in [1.807, 2.05) is 25.7 Å². The molecule has 3 unspecified atom stereocenters. The standard InChI is InChI=1S/C28H40N4O5/c1-4-20(2)27(29-25(33)15-11-23-9-13-24(14-10-23)32(36)37)28(35)30-17-18-31(21(3)19-30)26(34)16-12-22-7-5-6-8-22/h9-11,13-15,20-22,27H,4-8,12,16-19H2,1-3H3,(H,29,33)/b15-11+. The molecule has 1 saturated heterocycles. The van der Waals surface area contributed by atoms with Gasteiger partial charge in [-0.2, -0.15) is 0 Å². The Morgan fingerprint density at radius 3 is 2.43 bits per heavy atom. The van der Waals surface area contributed by atoms with Gasteiger partial charge in [0.15, 0.2) is 0 Å². The number of non-ortho nitro benzene ring substituents is 1. The Balaban J connectivity index is 1.56. The minimum Gasteiger partial charge on any atom is -0.340 e. The van der Waals surface area contributed by atoms with Gasteiger partial charge in [-0.1, -0.05) is 46.0 Å². The molecule has 0 bridgehead atoms. The highest BCUT2D eigenvalue weighted by atomic mass is 16.6. The largest absolute Gasteiger partial charge is 0.340 e. The zero-order valence-corrected chi connectivity index (χ0v) is 22.2. The third-order valence-corrected chi connectivity index (χ3v) is 7.81. The lowest BCUT2D eigenvalue weighted by molar-refractivity contribution is -0.384. The summed E-state index contributed by atoms with van der Waals surface area (Å²) in [6, 6.07) is 5.15. The van der Waals surface area contributed by atoms with Crippen molar-refractivity contribution in [1.29, 1.82) is 0 Å². The lowest BCUT2D eigenvalue weighted by Crippen LogP contribution is -2.60. The number of benzene rings is 1. The lowest BCUT2D eigenvalue weighted by Gasteiger charge is -2.41. The average molecular weight is 513 g/mol. The fourth-order valence-corrected chi connectivity index (χ4v) is 5.26. The number of amides is 3. The first-order chi connectivity index (χ1) is 17.7. The van der Waals surface area contributed by atoms with Gasteiger partial charge >= 0.3 is 0 Å². The van der Waals surface area contributed by atoms with Crippen molar-refractivity contribution in [1.82, 2.24) is 15.1 Å². The molecular weight excluding hydrogens is 472 g/mol. The quantitative estimate of drug-likeness (QED) is 0.287. The van der Waals surface area contributed by atoms with E-state index in [-0.39, 0.29) is 29.5 Å². The SMILES string of the molecule is CCC(C)C(NC(=O)/C=C/c1ccc([N+](=O)[O-])cc1)C(=O)N1CCN(C(=O)CCC2CCCC2)C(C)C1. The van der Waals surface area contributed by atoms with Crippen LogP contribution in [0, 0.1) is 22.0 Å². The van der Waals surface area contributed by atoms with Crippen molar-refractivity contribution in [3.63, 3.8) is 0 Å². The van der Waals surface area contributed by atoms with Gasteiger partial charge in [0.25, 0.3) is 5.69 Å². The number of carbonyl (C=O) groups is 3. The highest BCUT2D eigenvalue weighted by Gasteiger charge is 2.35. The first kappa shape index (κ1) is 28.3. The van der Waals surface area contributed by atoms with Crippen LogP contribution in [0.5, 0.6) is 0 Å². The van der Waals surface area contributed by atoms with Gasteiger partial charge in [-0.15, -0.1) is 0 Å². The van der Waals surface area contributed by atoms with Gasteiger partial charge in [-0.05, 0) is 49.0 Å². The summed E-state index contributed by atoms with van der Waals surface area (Å²) in [6.45, 7) is 7.33. The molecule has 3 amide bonds. The third-order valence-electron chi connectivity index (χ3n) is 7.81. The zero-order chi connectivity index (χ0) is 26.9. The van der Waals surface area contributed by atoms with Gasteiger partial charge < -0.3 is 15.1 Å². The van der Waals surface area contributed by atoms with Crippen LogP contribution in [0.4, 0.5) is 5.69 Å². The highest BCUT2D eigenvalue weighted by Crippen LogP contribution is 2.29. The Morgan fingerprint density at radius 1 is 1.16 bits per heavy atom. The summed E-state index contributed by atoms with van der Waals surface area (Å²) >= 11 is 0. The van der Waals surface area contributed by atoms with E-state index >= 15 is 0 Å². The molecule has 1 aromatic carbocycles. The minimum atomic E-state index is -0.671. The van der Waals surface area contributed by atoms with Crippen LogP contribution in [0.25, 0.3) is 6.08 Å². The number of nitrogens with one attached hydrogen (secondary N) is 1. The second-order valence-corrected chi connectivity index (χ2v) is 10.5. The van der Waals surface area contributed by atoms with Crippen LogP contribution in [-0.2, 0) is 14.4 Å². The summed E-state index contributed by atoms with van der Waals surface area (Å²) in [5, 5.41) is 13.7. The van der Waals surface area contributed by atoms with Crippen molar-refractivity contribution in [2.45, 2.75) is 77.8 Å². The van der Waals surface area contributed by atoms with Crippen molar-refractivity contribution >= 4 is 29.5 Å². The molecule has 0 radical (unpaired) electrons. The number of nitrogens with zero attached hydrogens (tertiary/aromatic N) is 3. The summed E-state index contributed by atoms with van der Waals surface area (Å²) in [5.74, 6) is 0.263. The smallest absolute Gasteiger partial charge is 0.269 e. The molecule has 1 saturated carbocycles. The van der Waals surface area contributed by atoms with E-state index < -0.39 is 16.9 Å². The summed E-state index contributed by atoms with van der Waals surface area (Å²) < 4.78 is 0. The van der Waals surface area contributed by atoms with Gasteiger partial charge in [0.1, 0.15) is 6.04 Å². The minimum absolute atomic E-state index is 0.0196. The van der Waals surface area contributed by atoms with Crippen molar-refractivity contribution in [2.75, 3.05) is 19.6 Å². The molecular formula is C28H40N4O5. The third kappa shape index (κ3) is 7.87. The predicted molar refractivity (Wildman–Crippen MR) is 142 cm³/mol. The normalized spacial score (nSPS) is 20.1. The number of nitro benzene ring substituents is 1. The van der Waals surface area contributed by atoms with Gasteiger partial charge in [-0.3, -0.25) is 24.5 Å². The van der Waals surface area contributed by atoms with Gasteiger partial charge in [-0.25, -0.2) is 0 Å². The van der Waals surface area contributed by atoms with E-state index in [0.29, 0.717) is 37.5 Å². The molecule has 3 rings (SSSR count). The fraction of sp³-hybridized carbons (Fsp3) is 0.607. The van der Waals surface area contributed by atoms with Crippen molar-refractivity contribution < 1.29 is 19.3 Å². The summed E-state index contributed by atoms with van der Waals surface area (Å²) in [4.78, 5) is 53.0. The number of hydrogen-bond acceptors (Lipinski definition) is 5. The Hall–Kier alpha value is -3.23. The van der Waals surface area contributed by atoms with E-state index in [4.69, 9.17) is 0 Å². The van der Waals surface area contributed by atoms with Crippen LogP contribution in [0.2, 0.25) is 0 Å². The molecule has 1 aromatic rings. The number of piperazine rings is 1. The van der Waals surface area contributed by atoms with E-state index in [0.717, 1.165) is 12.8 Å². The van der Waals surface area contributed by atoms with Gasteiger partial charge in [0.2, 0.25) is 17.7 Å². The molecule has 1 heterocycles. The maximum absolute atomic E-state index is 13.5. The molecule has 2 aliphatic rings. The van der Waals surface area contributed by atoms with Crippen LogP contribution < -0.4 is 5.32 Å². The topological polar surface area (TPSA) is 113 Å². The Kier molecular flexibility index (Phi) is 10.2. The molecule has 3 atom stereocenters. The summed E-state index contributed by atoms with van der Waals surface area (Å²) in [6.07, 6.45) is 10.2. The van der Waals surface area contributed by atoms with E-state index in [9.17, 15) is 24.5 Å². The average Bonchev–Trinajstić information content (AvgIpc) is 3.42. The van der Waals surface area contributed by atoms with Gasteiger partial charge in [0.05, 0.1) is 4.92 Å². The van der Waals surface area contributed by atoms with Gasteiger partial charge in [0, 0.05) is 50.3 Å². The molecule has 1 N–H and O–H groups in total. The molecule has 202 valence electrons. The van der Waals surface area contributed by atoms with E-state index in [2.05, 4.69) is 5.32 Å². The summed E-state index contributed by atoms with van der Waals surface area (Å²) in [5.41, 5.74) is 0.628. The second kappa shape index (κ2) is 13.4. The maximum Gasteiger partial charge on any atom is 0.269 e. The molecule has 0 aromatic heterocycles. The molecule has 37 heavy (non-hydrogen) atoms. The number of carbonyl (C=O) groups excluding carboxylic acids is 3. The molecule has 2 fully saturated rings.